The van der Waals surface area contributed by atoms with Crippen LogP contribution in [0.5, 0.6) is 5.75 Å². The molecule has 4 aromatic carbocycles. The Balaban J connectivity index is 1.23. The van der Waals surface area contributed by atoms with Gasteiger partial charge >= 0.3 is 0 Å². The summed E-state index contributed by atoms with van der Waals surface area (Å²) in [7, 11) is 0. The van der Waals surface area contributed by atoms with Gasteiger partial charge in [0, 0.05) is 12.1 Å². The number of ether oxygens (including phenoxy) is 1. The predicted molar refractivity (Wildman–Crippen MR) is 139 cm³/mol. The summed E-state index contributed by atoms with van der Waals surface area (Å²) >= 11 is 0.852. The second-order valence-electron chi connectivity index (χ2n) is 8.23. The van der Waals surface area contributed by atoms with Crippen molar-refractivity contribution in [2.75, 3.05) is 0 Å². The van der Waals surface area contributed by atoms with Gasteiger partial charge in [-0.3, -0.25) is 24.6 Å². The quantitative estimate of drug-likeness (QED) is 0.163. The summed E-state index contributed by atoms with van der Waals surface area (Å²) in [6.07, 6.45) is 1.66. The predicted octanol–water partition coefficient (Wildman–Crippen LogP) is 6.56. The molecule has 1 aliphatic heterocycles. The molecule has 4 aromatic rings. The Morgan fingerprint density at radius 3 is 2.42 bits per heavy atom. The number of nitro benzene ring substituents is 1. The maximum Gasteiger partial charge on any atom is 0.293 e. The number of thioether (sulfide) groups is 1. The third-order valence-electron chi connectivity index (χ3n) is 5.73. The first kappa shape index (κ1) is 23.3. The summed E-state index contributed by atoms with van der Waals surface area (Å²) in [6, 6.07) is 27.6. The van der Waals surface area contributed by atoms with Gasteiger partial charge in [-0.25, -0.2) is 0 Å². The Hall–Kier alpha value is -4.43. The summed E-state index contributed by atoms with van der Waals surface area (Å²) < 4.78 is 5.91. The first-order chi connectivity index (χ1) is 17.5. The van der Waals surface area contributed by atoms with Crippen LogP contribution in [-0.2, 0) is 17.9 Å². The van der Waals surface area contributed by atoms with Crippen molar-refractivity contribution in [2.24, 2.45) is 0 Å². The van der Waals surface area contributed by atoms with Crippen molar-refractivity contribution in [3.8, 4) is 5.75 Å². The average molecular weight is 497 g/mol. The minimum absolute atomic E-state index is 0.0226. The normalized spacial score (nSPS) is 14.6. The van der Waals surface area contributed by atoms with E-state index in [9.17, 15) is 19.7 Å². The fourth-order valence-corrected chi connectivity index (χ4v) is 4.73. The second kappa shape index (κ2) is 10.1. The number of amides is 2. The molecule has 7 nitrogen and oxygen atoms in total. The van der Waals surface area contributed by atoms with Gasteiger partial charge in [0.1, 0.15) is 12.4 Å². The van der Waals surface area contributed by atoms with Gasteiger partial charge in [0.05, 0.1) is 16.4 Å². The highest BCUT2D eigenvalue weighted by Gasteiger charge is 2.35. The van der Waals surface area contributed by atoms with E-state index < -0.39 is 16.1 Å². The number of carbonyl (C=O) groups is 2. The van der Waals surface area contributed by atoms with E-state index in [1.54, 1.807) is 12.1 Å². The van der Waals surface area contributed by atoms with Crippen LogP contribution in [0.15, 0.2) is 95.9 Å². The summed E-state index contributed by atoms with van der Waals surface area (Å²) in [6.45, 7) is 0.409. The number of carbonyl (C=O) groups excluding carboxylic acids is 2. The van der Waals surface area contributed by atoms with Crippen LogP contribution >= 0.6 is 11.8 Å². The van der Waals surface area contributed by atoms with E-state index in [-0.39, 0.29) is 12.2 Å². The van der Waals surface area contributed by atoms with Crippen LogP contribution in [0.25, 0.3) is 16.8 Å². The second-order valence-corrected chi connectivity index (χ2v) is 9.23. The fraction of sp³-hybridized carbons (Fsp3) is 0.0714. The molecule has 2 amide bonds. The number of benzene rings is 4. The Morgan fingerprint density at radius 1 is 0.861 bits per heavy atom. The van der Waals surface area contributed by atoms with Gasteiger partial charge in [-0.1, -0.05) is 60.7 Å². The van der Waals surface area contributed by atoms with E-state index >= 15 is 0 Å². The molecule has 1 heterocycles. The van der Waals surface area contributed by atoms with E-state index in [0.29, 0.717) is 22.8 Å². The highest BCUT2D eigenvalue weighted by atomic mass is 32.2. The monoisotopic (exact) mass is 496 g/mol. The smallest absolute Gasteiger partial charge is 0.293 e. The molecule has 0 radical (unpaired) electrons. The van der Waals surface area contributed by atoms with Crippen LogP contribution in [0.2, 0.25) is 0 Å². The molecule has 1 fully saturated rings. The number of rotatable bonds is 7. The lowest BCUT2D eigenvalue weighted by molar-refractivity contribution is -0.384. The van der Waals surface area contributed by atoms with Crippen molar-refractivity contribution in [1.82, 2.24) is 4.90 Å². The fourth-order valence-electron chi connectivity index (χ4n) is 3.89. The lowest BCUT2D eigenvalue weighted by Gasteiger charge is -2.12. The lowest BCUT2D eigenvalue weighted by atomic mass is 10.1. The zero-order chi connectivity index (χ0) is 25.1. The summed E-state index contributed by atoms with van der Waals surface area (Å²) in [4.78, 5) is 37.1. The van der Waals surface area contributed by atoms with Crippen LogP contribution in [0.1, 0.15) is 16.7 Å². The first-order valence-electron chi connectivity index (χ1n) is 11.2. The molecule has 0 aromatic heterocycles. The molecular formula is C28H20N2O5S. The van der Waals surface area contributed by atoms with Gasteiger partial charge in [0.15, 0.2) is 0 Å². The Kier molecular flexibility index (Phi) is 6.51. The maximum absolute atomic E-state index is 12.8. The van der Waals surface area contributed by atoms with Crippen molar-refractivity contribution in [3.05, 3.63) is 123 Å². The minimum atomic E-state index is -0.508. The zero-order valence-electron chi connectivity index (χ0n) is 19.0. The number of non-ortho nitro benzene ring substituents is 1. The van der Waals surface area contributed by atoms with E-state index in [4.69, 9.17) is 4.74 Å². The molecule has 8 heteroatoms. The largest absolute Gasteiger partial charge is 0.489 e. The standard InChI is InChI=1S/C28H20N2O5S/c31-27-26(36-28(32)29(27)17-20-4-3-7-24(15-20)30(33)34)16-19-9-12-25(13-10-19)35-18-21-8-11-22-5-1-2-6-23(22)14-21/h1-16H,17-18H2/b26-16+. The lowest BCUT2D eigenvalue weighted by Crippen LogP contribution is -2.27. The molecule has 0 aliphatic carbocycles. The van der Waals surface area contributed by atoms with Gasteiger partial charge < -0.3 is 4.74 Å². The topological polar surface area (TPSA) is 89.8 Å². The molecule has 0 atom stereocenters. The average Bonchev–Trinajstić information content (AvgIpc) is 3.15. The van der Waals surface area contributed by atoms with Crippen molar-refractivity contribution < 1.29 is 19.2 Å². The Morgan fingerprint density at radius 2 is 1.64 bits per heavy atom. The molecule has 1 saturated heterocycles. The molecule has 1 aliphatic rings. The van der Waals surface area contributed by atoms with Crippen molar-refractivity contribution in [2.45, 2.75) is 13.2 Å². The van der Waals surface area contributed by atoms with Gasteiger partial charge in [0.25, 0.3) is 16.8 Å². The molecule has 5 rings (SSSR count). The SMILES string of the molecule is O=C1S/C(=C/c2ccc(OCc3ccc4ccccc4c3)cc2)C(=O)N1Cc1cccc([N+](=O)[O-])c1. The molecule has 0 spiro atoms. The van der Waals surface area contributed by atoms with Gasteiger partial charge in [-0.05, 0) is 63.5 Å². The molecule has 178 valence electrons. The van der Waals surface area contributed by atoms with Crippen LogP contribution in [0.3, 0.4) is 0 Å². The molecule has 0 N–H and O–H groups in total. The van der Waals surface area contributed by atoms with Gasteiger partial charge in [-0.2, -0.15) is 0 Å². The number of hydrogen-bond donors (Lipinski definition) is 0. The van der Waals surface area contributed by atoms with Crippen LogP contribution in [0, 0.1) is 10.1 Å². The number of fused-ring (bicyclic) bond motifs is 1. The molecule has 0 bridgehead atoms. The minimum Gasteiger partial charge on any atom is -0.489 e. The van der Waals surface area contributed by atoms with Crippen molar-refractivity contribution in [1.29, 1.82) is 0 Å². The summed E-state index contributed by atoms with van der Waals surface area (Å²) in [5.74, 6) is 0.271. The highest BCUT2D eigenvalue weighted by molar-refractivity contribution is 8.18. The van der Waals surface area contributed by atoms with Crippen LogP contribution in [0.4, 0.5) is 10.5 Å². The summed E-state index contributed by atoms with van der Waals surface area (Å²) in [5, 5.41) is 12.9. The van der Waals surface area contributed by atoms with Crippen LogP contribution < -0.4 is 4.74 Å². The summed E-state index contributed by atoms with van der Waals surface area (Å²) in [5.41, 5.74) is 2.25. The number of nitro groups is 1. The van der Waals surface area contributed by atoms with E-state index in [1.165, 1.54) is 23.6 Å². The van der Waals surface area contributed by atoms with Crippen LogP contribution in [-0.4, -0.2) is 21.0 Å². The molecule has 36 heavy (non-hydrogen) atoms. The third-order valence-corrected chi connectivity index (χ3v) is 6.64. The highest BCUT2D eigenvalue weighted by Crippen LogP contribution is 2.34. The first-order valence-corrected chi connectivity index (χ1v) is 12.0. The van der Waals surface area contributed by atoms with E-state index in [1.807, 2.05) is 42.5 Å². The number of imide groups is 1. The van der Waals surface area contributed by atoms with Crippen molar-refractivity contribution in [3.63, 3.8) is 0 Å². The molecule has 0 unspecified atom stereocenters. The number of nitrogens with zero attached hydrogens (tertiary/aromatic N) is 2. The Labute approximate surface area is 211 Å². The zero-order valence-corrected chi connectivity index (χ0v) is 19.8. The van der Waals surface area contributed by atoms with E-state index in [2.05, 4.69) is 24.3 Å². The Bertz CT molecular complexity index is 1510. The van der Waals surface area contributed by atoms with Gasteiger partial charge in [-0.15, -0.1) is 0 Å². The molecule has 0 saturated carbocycles. The van der Waals surface area contributed by atoms with Gasteiger partial charge in [0.2, 0.25) is 0 Å². The number of hydrogen-bond acceptors (Lipinski definition) is 6. The third kappa shape index (κ3) is 5.13. The maximum atomic E-state index is 12.8. The van der Waals surface area contributed by atoms with E-state index in [0.717, 1.165) is 33.2 Å². The van der Waals surface area contributed by atoms with Crippen molar-refractivity contribution >= 4 is 45.4 Å². The molecular weight excluding hydrogens is 476 g/mol.